The Bertz CT molecular complexity index is 789. The van der Waals surface area contributed by atoms with Crippen LogP contribution in [0.15, 0.2) is 28.9 Å². The van der Waals surface area contributed by atoms with Gasteiger partial charge in [-0.2, -0.15) is 10.1 Å². The van der Waals surface area contributed by atoms with Crippen molar-refractivity contribution in [3.63, 3.8) is 0 Å². The fraction of sp³-hybridized carbons (Fsp3) is 0.267. The lowest BCUT2D eigenvalue weighted by molar-refractivity contribution is -0.120. The first kappa shape index (κ1) is 14.9. The number of pyridine rings is 1. The molecule has 3 rings (SSSR count). The lowest BCUT2D eigenvalue weighted by atomic mass is 10.1. The summed E-state index contributed by atoms with van der Waals surface area (Å²) in [6.45, 7) is 3.93. The van der Waals surface area contributed by atoms with Crippen molar-refractivity contribution in [1.82, 2.24) is 30.6 Å². The number of carbonyl (C=O) groups excluding carboxylic acids is 1. The Kier molecular flexibility index (Phi) is 4.13. The molecule has 0 saturated carbocycles. The van der Waals surface area contributed by atoms with E-state index in [4.69, 9.17) is 4.52 Å². The Morgan fingerprint density at radius 2 is 2.22 bits per heavy atom. The Morgan fingerprint density at radius 3 is 2.91 bits per heavy atom. The van der Waals surface area contributed by atoms with E-state index < -0.39 is 0 Å². The summed E-state index contributed by atoms with van der Waals surface area (Å²) in [5.74, 6) is 0.603. The second-order valence-electron chi connectivity index (χ2n) is 5.09. The molecule has 0 aliphatic heterocycles. The summed E-state index contributed by atoms with van der Waals surface area (Å²) in [5.41, 5.74) is 3.25. The molecule has 0 bridgehead atoms. The predicted octanol–water partition coefficient (Wildman–Crippen LogP) is 1.33. The molecule has 0 atom stereocenters. The summed E-state index contributed by atoms with van der Waals surface area (Å²) in [7, 11) is 0. The van der Waals surface area contributed by atoms with E-state index >= 15 is 0 Å². The molecule has 0 fully saturated rings. The number of H-pyrrole nitrogens is 1. The third kappa shape index (κ3) is 3.42. The van der Waals surface area contributed by atoms with Gasteiger partial charge >= 0.3 is 0 Å². The number of aryl methyl sites for hydroxylation is 2. The normalized spacial score (nSPS) is 10.7. The maximum atomic E-state index is 12.0. The lowest BCUT2D eigenvalue weighted by Crippen LogP contribution is -2.25. The van der Waals surface area contributed by atoms with Crippen molar-refractivity contribution >= 4 is 5.91 Å². The number of carbonyl (C=O) groups is 1. The maximum absolute atomic E-state index is 12.0. The highest BCUT2D eigenvalue weighted by atomic mass is 16.5. The van der Waals surface area contributed by atoms with Crippen molar-refractivity contribution in [2.75, 3.05) is 0 Å². The van der Waals surface area contributed by atoms with E-state index in [0.29, 0.717) is 17.4 Å². The van der Waals surface area contributed by atoms with Crippen LogP contribution in [0.3, 0.4) is 0 Å². The maximum Gasteiger partial charge on any atom is 0.246 e. The Morgan fingerprint density at radius 1 is 1.35 bits per heavy atom. The van der Waals surface area contributed by atoms with Crippen LogP contribution in [0.4, 0.5) is 0 Å². The van der Waals surface area contributed by atoms with Gasteiger partial charge in [-0.3, -0.25) is 14.9 Å². The monoisotopic (exact) mass is 312 g/mol. The summed E-state index contributed by atoms with van der Waals surface area (Å²) in [4.78, 5) is 20.4. The summed E-state index contributed by atoms with van der Waals surface area (Å²) < 4.78 is 5.12. The smallest absolute Gasteiger partial charge is 0.246 e. The van der Waals surface area contributed by atoms with Gasteiger partial charge in [-0.05, 0) is 26.0 Å². The topological polar surface area (TPSA) is 110 Å². The summed E-state index contributed by atoms with van der Waals surface area (Å²) in [6.07, 6.45) is 1.91. The first-order valence-corrected chi connectivity index (χ1v) is 7.14. The van der Waals surface area contributed by atoms with Crippen molar-refractivity contribution in [2.24, 2.45) is 0 Å². The van der Waals surface area contributed by atoms with Crippen LogP contribution in [0.1, 0.15) is 22.8 Å². The summed E-state index contributed by atoms with van der Waals surface area (Å²) in [6, 6.07) is 5.44. The van der Waals surface area contributed by atoms with Gasteiger partial charge in [0.25, 0.3) is 0 Å². The third-order valence-electron chi connectivity index (χ3n) is 3.42. The van der Waals surface area contributed by atoms with Crippen molar-refractivity contribution in [3.8, 4) is 11.5 Å². The van der Waals surface area contributed by atoms with Gasteiger partial charge < -0.3 is 9.84 Å². The number of hydrogen-bond donors (Lipinski definition) is 2. The Hall–Kier alpha value is -3.03. The van der Waals surface area contributed by atoms with E-state index in [9.17, 15) is 4.79 Å². The molecule has 0 aliphatic rings. The van der Waals surface area contributed by atoms with Gasteiger partial charge in [-0.25, -0.2) is 0 Å². The van der Waals surface area contributed by atoms with Crippen LogP contribution in [-0.4, -0.2) is 31.2 Å². The van der Waals surface area contributed by atoms with Gasteiger partial charge in [-0.15, -0.1) is 0 Å². The second kappa shape index (κ2) is 6.39. The molecule has 1 amide bonds. The SMILES string of the molecule is Cc1n[nH]c(C)c1CC(=O)NCc1nc(-c2ccccn2)no1. The van der Waals surface area contributed by atoms with E-state index in [1.54, 1.807) is 12.3 Å². The second-order valence-corrected chi connectivity index (χ2v) is 5.09. The quantitative estimate of drug-likeness (QED) is 0.735. The van der Waals surface area contributed by atoms with Crippen molar-refractivity contribution in [3.05, 3.63) is 47.2 Å². The van der Waals surface area contributed by atoms with Crippen molar-refractivity contribution < 1.29 is 9.32 Å². The highest BCUT2D eigenvalue weighted by molar-refractivity contribution is 5.78. The largest absolute Gasteiger partial charge is 0.347 e. The number of rotatable bonds is 5. The first-order valence-electron chi connectivity index (χ1n) is 7.14. The van der Waals surface area contributed by atoms with Crippen LogP contribution >= 0.6 is 0 Å². The molecular formula is C15H16N6O2. The van der Waals surface area contributed by atoms with E-state index in [2.05, 4.69) is 30.6 Å². The molecule has 0 unspecified atom stereocenters. The van der Waals surface area contributed by atoms with Gasteiger partial charge in [0.1, 0.15) is 5.69 Å². The first-order chi connectivity index (χ1) is 11.1. The number of nitrogens with zero attached hydrogens (tertiary/aromatic N) is 4. The fourth-order valence-corrected chi connectivity index (χ4v) is 2.16. The van der Waals surface area contributed by atoms with E-state index in [-0.39, 0.29) is 18.9 Å². The molecule has 8 nitrogen and oxygen atoms in total. The van der Waals surface area contributed by atoms with Gasteiger partial charge in [0.2, 0.25) is 17.6 Å². The molecule has 3 heterocycles. The minimum atomic E-state index is -0.129. The van der Waals surface area contributed by atoms with Gasteiger partial charge in [0.15, 0.2) is 0 Å². The Labute approximate surface area is 132 Å². The van der Waals surface area contributed by atoms with Gasteiger partial charge in [0, 0.05) is 17.5 Å². The highest BCUT2D eigenvalue weighted by Gasteiger charge is 2.13. The molecule has 0 aliphatic carbocycles. The number of aromatic amines is 1. The minimum absolute atomic E-state index is 0.129. The number of amides is 1. The van der Waals surface area contributed by atoms with E-state index in [1.165, 1.54) is 0 Å². The average molecular weight is 312 g/mol. The number of aromatic nitrogens is 5. The van der Waals surface area contributed by atoms with E-state index in [0.717, 1.165) is 17.0 Å². The highest BCUT2D eigenvalue weighted by Crippen LogP contribution is 2.12. The zero-order valence-electron chi connectivity index (χ0n) is 12.8. The fourth-order valence-electron chi connectivity index (χ4n) is 2.16. The van der Waals surface area contributed by atoms with E-state index in [1.807, 2.05) is 26.0 Å². The molecule has 118 valence electrons. The number of hydrogen-bond acceptors (Lipinski definition) is 6. The van der Waals surface area contributed by atoms with Crippen LogP contribution in [0, 0.1) is 13.8 Å². The van der Waals surface area contributed by atoms with Crippen LogP contribution in [0.2, 0.25) is 0 Å². The molecule has 3 aromatic heterocycles. The van der Waals surface area contributed by atoms with Crippen molar-refractivity contribution in [2.45, 2.75) is 26.8 Å². The van der Waals surface area contributed by atoms with Gasteiger partial charge in [0.05, 0.1) is 18.7 Å². The average Bonchev–Trinajstić information content (AvgIpc) is 3.16. The van der Waals surface area contributed by atoms with Crippen molar-refractivity contribution in [1.29, 1.82) is 0 Å². The Balaban J connectivity index is 1.59. The molecular weight excluding hydrogens is 296 g/mol. The summed E-state index contributed by atoms with van der Waals surface area (Å²) >= 11 is 0. The molecule has 0 aromatic carbocycles. The standard InChI is InChI=1S/C15H16N6O2/c1-9-11(10(2)20-19-9)7-13(22)17-8-14-18-15(21-23-14)12-5-3-4-6-16-12/h3-6H,7-8H2,1-2H3,(H,17,22)(H,19,20). The molecule has 0 radical (unpaired) electrons. The third-order valence-corrected chi connectivity index (χ3v) is 3.42. The molecule has 0 saturated heterocycles. The molecule has 23 heavy (non-hydrogen) atoms. The molecule has 0 spiro atoms. The van der Waals surface area contributed by atoms with Gasteiger partial charge in [-0.1, -0.05) is 11.2 Å². The summed E-state index contributed by atoms with van der Waals surface area (Å²) in [5, 5.41) is 13.5. The molecule has 3 aromatic rings. The van der Waals surface area contributed by atoms with Crippen LogP contribution in [0.5, 0.6) is 0 Å². The van der Waals surface area contributed by atoms with Crippen LogP contribution in [-0.2, 0) is 17.8 Å². The number of nitrogens with one attached hydrogen (secondary N) is 2. The molecule has 8 heteroatoms. The van der Waals surface area contributed by atoms with Crippen LogP contribution in [0.25, 0.3) is 11.5 Å². The zero-order chi connectivity index (χ0) is 16.2. The zero-order valence-corrected chi connectivity index (χ0v) is 12.8. The lowest BCUT2D eigenvalue weighted by Gasteiger charge is -2.02. The molecule has 2 N–H and O–H groups in total. The van der Waals surface area contributed by atoms with Crippen LogP contribution < -0.4 is 5.32 Å². The predicted molar refractivity (Wildman–Crippen MR) is 81.1 cm³/mol. The minimum Gasteiger partial charge on any atom is -0.347 e.